The van der Waals surface area contributed by atoms with Crippen molar-refractivity contribution in [2.45, 2.75) is 19.8 Å². The molecule has 1 aromatic carbocycles. The first kappa shape index (κ1) is 20.3. The van der Waals surface area contributed by atoms with Crippen molar-refractivity contribution in [2.75, 3.05) is 39.3 Å². The molecule has 0 fully saturated rings. The number of benzene rings is 1. The molecule has 0 amide bonds. The lowest BCUT2D eigenvalue weighted by Gasteiger charge is -2.13. The molecule has 2 aromatic rings. The molecule has 8 heteroatoms. The Balaban J connectivity index is 1.91. The Morgan fingerprint density at radius 2 is 1.85 bits per heavy atom. The van der Waals surface area contributed by atoms with Gasteiger partial charge in [-0.05, 0) is 18.6 Å². The van der Waals surface area contributed by atoms with Crippen molar-refractivity contribution in [2.24, 2.45) is 0 Å². The van der Waals surface area contributed by atoms with Crippen molar-refractivity contribution in [3.63, 3.8) is 0 Å². The van der Waals surface area contributed by atoms with Crippen molar-refractivity contribution in [1.29, 1.82) is 5.41 Å². The summed E-state index contributed by atoms with van der Waals surface area (Å²) in [7, 11) is 3.17. The molecular formula is C19H26N4O4. The second kappa shape index (κ2) is 10.8. The van der Waals surface area contributed by atoms with Crippen LogP contribution in [0.1, 0.15) is 25.6 Å². The number of nitrogens with one attached hydrogen (secondary N) is 2. The number of unbranched alkanes of at least 4 members (excludes halogenated alkanes) is 1. The number of hydrogen-bond acceptors (Lipinski definition) is 8. The Bertz CT molecular complexity index is 740. The van der Waals surface area contributed by atoms with Crippen LogP contribution in [-0.2, 0) is 0 Å². The van der Waals surface area contributed by atoms with Crippen molar-refractivity contribution in [3.8, 4) is 23.0 Å². The highest BCUT2D eigenvalue weighted by atomic mass is 16.5. The third kappa shape index (κ3) is 6.02. The number of nitrogens with zero attached hydrogens (tertiary/aromatic N) is 2. The lowest BCUT2D eigenvalue weighted by Crippen LogP contribution is -2.13. The lowest BCUT2D eigenvalue weighted by molar-refractivity contribution is 0.216. The van der Waals surface area contributed by atoms with E-state index in [0.29, 0.717) is 47.9 Å². The molecule has 0 bridgehead atoms. The van der Waals surface area contributed by atoms with Gasteiger partial charge in [0.1, 0.15) is 19.0 Å². The smallest absolute Gasteiger partial charge is 0.180 e. The Labute approximate surface area is 159 Å². The average molecular weight is 374 g/mol. The summed E-state index contributed by atoms with van der Waals surface area (Å²) in [6.07, 6.45) is 4.77. The number of ether oxygens (including phenoxy) is 4. The number of hydrogen-bond donors (Lipinski definition) is 2. The standard InChI is InChI=1S/C19H26N4O4/c1-4-5-8-21-19-17(13-22-18(12-20)23-19)27-10-9-26-14-6-7-15(24-2)16(11-14)25-3/h6-7,11-13,20H,4-5,8-10H2,1-3H3,(H,21,22,23). The highest BCUT2D eigenvalue weighted by Crippen LogP contribution is 2.30. The van der Waals surface area contributed by atoms with Gasteiger partial charge in [0.05, 0.1) is 26.6 Å². The number of anilines is 1. The van der Waals surface area contributed by atoms with E-state index in [0.717, 1.165) is 25.6 Å². The predicted octanol–water partition coefficient (Wildman–Crippen LogP) is 3.16. The maximum absolute atomic E-state index is 7.29. The summed E-state index contributed by atoms with van der Waals surface area (Å²) in [5, 5.41) is 10.5. The molecule has 0 aliphatic rings. The summed E-state index contributed by atoms with van der Waals surface area (Å²) < 4.78 is 21.9. The van der Waals surface area contributed by atoms with E-state index in [2.05, 4.69) is 22.2 Å². The molecule has 0 unspecified atom stereocenters. The van der Waals surface area contributed by atoms with E-state index in [4.69, 9.17) is 24.4 Å². The molecule has 0 radical (unpaired) electrons. The van der Waals surface area contributed by atoms with E-state index in [1.54, 1.807) is 38.6 Å². The largest absolute Gasteiger partial charge is 0.493 e. The summed E-state index contributed by atoms with van der Waals surface area (Å²) in [5.41, 5.74) is 0. The first-order valence-electron chi connectivity index (χ1n) is 8.80. The minimum absolute atomic E-state index is 0.324. The van der Waals surface area contributed by atoms with Crippen LogP contribution in [0, 0.1) is 5.41 Å². The summed E-state index contributed by atoms with van der Waals surface area (Å²) >= 11 is 0. The highest BCUT2D eigenvalue weighted by molar-refractivity contribution is 5.72. The van der Waals surface area contributed by atoms with Crippen LogP contribution in [-0.4, -0.2) is 50.2 Å². The molecule has 0 saturated heterocycles. The lowest BCUT2D eigenvalue weighted by atomic mass is 10.3. The van der Waals surface area contributed by atoms with Gasteiger partial charge in [-0.3, -0.25) is 0 Å². The molecule has 1 heterocycles. The van der Waals surface area contributed by atoms with E-state index < -0.39 is 0 Å². The van der Waals surface area contributed by atoms with Crippen LogP contribution in [0.4, 0.5) is 5.82 Å². The quantitative estimate of drug-likeness (QED) is 0.435. The Morgan fingerprint density at radius 1 is 1.07 bits per heavy atom. The molecule has 0 saturated carbocycles. The number of aromatic nitrogens is 2. The van der Waals surface area contributed by atoms with Gasteiger partial charge in [-0.1, -0.05) is 13.3 Å². The minimum Gasteiger partial charge on any atom is -0.493 e. The SMILES string of the molecule is CCCCNc1nc(C=N)ncc1OCCOc1ccc(OC)c(OC)c1. The molecule has 0 atom stereocenters. The van der Waals surface area contributed by atoms with Gasteiger partial charge < -0.3 is 29.7 Å². The zero-order valence-electron chi connectivity index (χ0n) is 15.9. The van der Waals surface area contributed by atoms with Gasteiger partial charge in [0.15, 0.2) is 28.9 Å². The molecule has 2 rings (SSSR count). The fourth-order valence-electron chi connectivity index (χ4n) is 2.29. The van der Waals surface area contributed by atoms with Crippen molar-refractivity contribution >= 4 is 12.0 Å². The van der Waals surface area contributed by atoms with Crippen molar-refractivity contribution in [1.82, 2.24) is 9.97 Å². The van der Waals surface area contributed by atoms with Crippen molar-refractivity contribution < 1.29 is 18.9 Å². The maximum atomic E-state index is 7.29. The van der Waals surface area contributed by atoms with E-state index in [1.807, 2.05) is 0 Å². The second-order valence-corrected chi connectivity index (χ2v) is 5.58. The normalized spacial score (nSPS) is 10.2. The summed E-state index contributed by atoms with van der Waals surface area (Å²) in [4.78, 5) is 8.35. The third-order valence-electron chi connectivity index (χ3n) is 3.69. The molecule has 0 spiro atoms. The molecule has 27 heavy (non-hydrogen) atoms. The van der Waals surface area contributed by atoms with Crippen LogP contribution in [0.25, 0.3) is 0 Å². The molecule has 0 aliphatic heterocycles. The van der Waals surface area contributed by atoms with E-state index in [9.17, 15) is 0 Å². The Hall–Kier alpha value is -3.03. The van der Waals surface area contributed by atoms with Gasteiger partial charge in [-0.2, -0.15) is 0 Å². The van der Waals surface area contributed by atoms with Gasteiger partial charge >= 0.3 is 0 Å². The number of methoxy groups -OCH3 is 2. The maximum Gasteiger partial charge on any atom is 0.180 e. The van der Waals surface area contributed by atoms with Gasteiger partial charge in [0, 0.05) is 12.6 Å². The molecule has 2 N–H and O–H groups in total. The first-order chi connectivity index (χ1) is 13.2. The molecule has 8 nitrogen and oxygen atoms in total. The number of rotatable bonds is 12. The van der Waals surface area contributed by atoms with Gasteiger partial charge in [0.2, 0.25) is 0 Å². The molecule has 0 aliphatic carbocycles. The van der Waals surface area contributed by atoms with Crippen LogP contribution < -0.4 is 24.3 Å². The average Bonchev–Trinajstić information content (AvgIpc) is 2.71. The Kier molecular flexibility index (Phi) is 8.15. The minimum atomic E-state index is 0.324. The summed E-state index contributed by atoms with van der Waals surface area (Å²) in [6, 6.07) is 5.36. The van der Waals surface area contributed by atoms with Crippen LogP contribution in [0.3, 0.4) is 0 Å². The zero-order valence-corrected chi connectivity index (χ0v) is 15.9. The van der Waals surface area contributed by atoms with Gasteiger partial charge in [-0.25, -0.2) is 9.97 Å². The first-order valence-corrected chi connectivity index (χ1v) is 8.80. The van der Waals surface area contributed by atoms with E-state index in [1.165, 1.54) is 0 Å². The van der Waals surface area contributed by atoms with Gasteiger partial charge in [-0.15, -0.1) is 0 Å². The van der Waals surface area contributed by atoms with Crippen LogP contribution >= 0.6 is 0 Å². The fraction of sp³-hybridized carbons (Fsp3) is 0.421. The van der Waals surface area contributed by atoms with E-state index in [-0.39, 0.29) is 0 Å². The molecule has 1 aromatic heterocycles. The zero-order chi connectivity index (χ0) is 19.5. The van der Waals surface area contributed by atoms with Crippen LogP contribution in [0.2, 0.25) is 0 Å². The van der Waals surface area contributed by atoms with Crippen LogP contribution in [0.5, 0.6) is 23.0 Å². The molecular weight excluding hydrogens is 348 g/mol. The summed E-state index contributed by atoms with van der Waals surface area (Å²) in [5.74, 6) is 3.37. The van der Waals surface area contributed by atoms with Crippen LogP contribution in [0.15, 0.2) is 24.4 Å². The van der Waals surface area contributed by atoms with Gasteiger partial charge in [0.25, 0.3) is 0 Å². The fourth-order valence-corrected chi connectivity index (χ4v) is 2.29. The summed E-state index contributed by atoms with van der Waals surface area (Å²) in [6.45, 7) is 3.57. The van der Waals surface area contributed by atoms with E-state index >= 15 is 0 Å². The molecule has 146 valence electrons. The Morgan fingerprint density at radius 3 is 2.56 bits per heavy atom. The van der Waals surface area contributed by atoms with Crippen molar-refractivity contribution in [3.05, 3.63) is 30.2 Å². The third-order valence-corrected chi connectivity index (χ3v) is 3.69. The highest BCUT2D eigenvalue weighted by Gasteiger charge is 2.08. The second-order valence-electron chi connectivity index (χ2n) is 5.58. The monoisotopic (exact) mass is 374 g/mol. The predicted molar refractivity (Wildman–Crippen MR) is 104 cm³/mol. The topological polar surface area (TPSA) is 98.6 Å².